The number of urea groups is 1. The van der Waals surface area contributed by atoms with Crippen LogP contribution in [0.2, 0.25) is 0 Å². The lowest BCUT2D eigenvalue weighted by Gasteiger charge is -2.20. The standard InChI is InChI=1S/C17H24N4O2/c1-13(2)12-23-15-7-5-4-6-14(15)11-21(3)17(22)20-10-16-18-8-9-19-16/h4-9,13H,10-12H2,1-3H3,(H,18,19)(H,20,22). The number of nitrogens with zero attached hydrogens (tertiary/aromatic N) is 2. The first kappa shape index (κ1) is 16.9. The van der Waals surface area contributed by atoms with E-state index in [9.17, 15) is 4.79 Å². The number of benzene rings is 1. The van der Waals surface area contributed by atoms with E-state index in [1.807, 2.05) is 24.3 Å². The monoisotopic (exact) mass is 316 g/mol. The molecule has 2 amide bonds. The molecule has 0 saturated carbocycles. The van der Waals surface area contributed by atoms with E-state index >= 15 is 0 Å². The zero-order chi connectivity index (χ0) is 16.7. The highest BCUT2D eigenvalue weighted by Gasteiger charge is 2.12. The first-order chi connectivity index (χ1) is 11.1. The number of aromatic nitrogens is 2. The van der Waals surface area contributed by atoms with Gasteiger partial charge < -0.3 is 19.9 Å². The summed E-state index contributed by atoms with van der Waals surface area (Å²) < 4.78 is 5.82. The third-order valence-corrected chi connectivity index (χ3v) is 3.26. The Morgan fingerprint density at radius 3 is 2.87 bits per heavy atom. The lowest BCUT2D eigenvalue weighted by atomic mass is 10.2. The van der Waals surface area contributed by atoms with Gasteiger partial charge in [0.25, 0.3) is 0 Å². The number of nitrogens with one attached hydrogen (secondary N) is 2. The van der Waals surface area contributed by atoms with Crippen molar-refractivity contribution in [2.75, 3.05) is 13.7 Å². The molecule has 2 rings (SSSR count). The van der Waals surface area contributed by atoms with Crippen LogP contribution in [0, 0.1) is 5.92 Å². The predicted molar refractivity (Wildman–Crippen MR) is 89.1 cm³/mol. The molecular formula is C17H24N4O2. The fraction of sp³-hybridized carbons (Fsp3) is 0.412. The van der Waals surface area contributed by atoms with Gasteiger partial charge in [0.2, 0.25) is 0 Å². The summed E-state index contributed by atoms with van der Waals surface area (Å²) in [6.07, 6.45) is 3.39. The van der Waals surface area contributed by atoms with Gasteiger partial charge in [-0.3, -0.25) is 0 Å². The third kappa shape index (κ3) is 5.32. The molecule has 0 unspecified atom stereocenters. The smallest absolute Gasteiger partial charge is 0.317 e. The van der Waals surface area contributed by atoms with Gasteiger partial charge in [-0.1, -0.05) is 32.0 Å². The van der Waals surface area contributed by atoms with Gasteiger partial charge in [-0.15, -0.1) is 0 Å². The van der Waals surface area contributed by atoms with Crippen molar-refractivity contribution in [3.63, 3.8) is 0 Å². The molecule has 23 heavy (non-hydrogen) atoms. The van der Waals surface area contributed by atoms with Crippen LogP contribution in [0.1, 0.15) is 25.2 Å². The molecule has 0 bridgehead atoms. The van der Waals surface area contributed by atoms with Gasteiger partial charge in [-0.25, -0.2) is 9.78 Å². The predicted octanol–water partition coefficient (Wildman–Crippen LogP) is 2.79. The number of amides is 2. The van der Waals surface area contributed by atoms with Crippen molar-refractivity contribution >= 4 is 6.03 Å². The van der Waals surface area contributed by atoms with Crippen molar-refractivity contribution in [2.24, 2.45) is 5.92 Å². The van der Waals surface area contributed by atoms with E-state index in [2.05, 4.69) is 29.1 Å². The van der Waals surface area contributed by atoms with Gasteiger partial charge in [0.15, 0.2) is 0 Å². The summed E-state index contributed by atoms with van der Waals surface area (Å²) in [4.78, 5) is 20.8. The van der Waals surface area contributed by atoms with Gasteiger partial charge in [-0.2, -0.15) is 0 Å². The summed E-state index contributed by atoms with van der Waals surface area (Å²) in [5, 5.41) is 2.83. The number of H-pyrrole nitrogens is 1. The van der Waals surface area contributed by atoms with Crippen molar-refractivity contribution in [1.82, 2.24) is 20.2 Å². The van der Waals surface area contributed by atoms with Crippen LogP contribution < -0.4 is 10.1 Å². The lowest BCUT2D eigenvalue weighted by molar-refractivity contribution is 0.204. The quantitative estimate of drug-likeness (QED) is 0.825. The van der Waals surface area contributed by atoms with E-state index < -0.39 is 0 Å². The van der Waals surface area contributed by atoms with Crippen LogP contribution >= 0.6 is 0 Å². The number of aromatic amines is 1. The number of carbonyl (C=O) groups is 1. The maximum atomic E-state index is 12.2. The summed E-state index contributed by atoms with van der Waals surface area (Å²) in [5.74, 6) is 2.01. The minimum Gasteiger partial charge on any atom is -0.493 e. The van der Waals surface area contributed by atoms with Crippen LogP contribution in [-0.4, -0.2) is 34.6 Å². The number of para-hydroxylation sites is 1. The van der Waals surface area contributed by atoms with Crippen LogP contribution in [0.5, 0.6) is 5.75 Å². The first-order valence-corrected chi connectivity index (χ1v) is 7.74. The molecule has 124 valence electrons. The van der Waals surface area contributed by atoms with Crippen LogP contribution in [0.4, 0.5) is 4.79 Å². The maximum Gasteiger partial charge on any atom is 0.317 e. The van der Waals surface area contributed by atoms with E-state index in [0.29, 0.717) is 25.6 Å². The summed E-state index contributed by atoms with van der Waals surface area (Å²) in [5.41, 5.74) is 0.990. The van der Waals surface area contributed by atoms with Crippen molar-refractivity contribution in [2.45, 2.75) is 26.9 Å². The second kappa shape index (κ2) is 8.22. The molecule has 0 fully saturated rings. The Morgan fingerprint density at radius 1 is 1.39 bits per heavy atom. The second-order valence-electron chi connectivity index (χ2n) is 5.86. The van der Waals surface area contributed by atoms with Gasteiger partial charge in [0.05, 0.1) is 19.7 Å². The van der Waals surface area contributed by atoms with Crippen LogP contribution in [0.3, 0.4) is 0 Å². The molecule has 0 aliphatic heterocycles. The molecule has 0 spiro atoms. The van der Waals surface area contributed by atoms with Crippen molar-refractivity contribution in [1.29, 1.82) is 0 Å². The maximum absolute atomic E-state index is 12.2. The van der Waals surface area contributed by atoms with Crippen molar-refractivity contribution in [3.05, 3.63) is 48.0 Å². The summed E-state index contributed by atoms with van der Waals surface area (Å²) in [6, 6.07) is 7.65. The zero-order valence-electron chi connectivity index (χ0n) is 13.9. The summed E-state index contributed by atoms with van der Waals surface area (Å²) >= 11 is 0. The SMILES string of the molecule is CC(C)COc1ccccc1CN(C)C(=O)NCc1ncc[nH]1. The van der Waals surface area contributed by atoms with Crippen molar-refractivity contribution in [3.8, 4) is 5.75 Å². The highest BCUT2D eigenvalue weighted by molar-refractivity contribution is 5.73. The van der Waals surface area contributed by atoms with E-state index in [1.165, 1.54) is 0 Å². The van der Waals surface area contributed by atoms with Gasteiger partial charge in [0.1, 0.15) is 11.6 Å². The fourth-order valence-corrected chi connectivity index (χ4v) is 2.05. The number of rotatable bonds is 7. The number of ether oxygens (including phenoxy) is 1. The number of imidazole rings is 1. The van der Waals surface area contributed by atoms with Crippen LogP contribution in [0.15, 0.2) is 36.7 Å². The Morgan fingerprint density at radius 2 is 2.17 bits per heavy atom. The van der Waals surface area contributed by atoms with Gasteiger partial charge >= 0.3 is 6.03 Å². The molecule has 1 heterocycles. The molecule has 1 aromatic heterocycles. The Kier molecular flexibility index (Phi) is 6.02. The molecule has 6 heteroatoms. The molecule has 2 N–H and O–H groups in total. The second-order valence-corrected chi connectivity index (χ2v) is 5.86. The van der Waals surface area contributed by atoms with E-state index in [0.717, 1.165) is 17.1 Å². The molecule has 0 saturated heterocycles. The Labute approximate surface area is 136 Å². The summed E-state index contributed by atoms with van der Waals surface area (Å²) in [6.45, 7) is 5.74. The summed E-state index contributed by atoms with van der Waals surface area (Å²) in [7, 11) is 1.76. The van der Waals surface area contributed by atoms with Crippen molar-refractivity contribution < 1.29 is 9.53 Å². The average Bonchev–Trinajstić information content (AvgIpc) is 3.05. The first-order valence-electron chi connectivity index (χ1n) is 7.74. The molecule has 0 radical (unpaired) electrons. The van der Waals surface area contributed by atoms with Crippen LogP contribution in [-0.2, 0) is 13.1 Å². The topological polar surface area (TPSA) is 70.2 Å². The highest BCUT2D eigenvalue weighted by atomic mass is 16.5. The largest absolute Gasteiger partial charge is 0.493 e. The fourth-order valence-electron chi connectivity index (χ4n) is 2.05. The molecule has 0 aliphatic carbocycles. The lowest BCUT2D eigenvalue weighted by Crippen LogP contribution is -2.36. The molecule has 0 aliphatic rings. The molecular weight excluding hydrogens is 292 g/mol. The van der Waals surface area contributed by atoms with Crippen LogP contribution in [0.25, 0.3) is 0 Å². The number of carbonyl (C=O) groups excluding carboxylic acids is 1. The van der Waals surface area contributed by atoms with Gasteiger partial charge in [-0.05, 0) is 12.0 Å². The average molecular weight is 316 g/mol. The molecule has 6 nitrogen and oxygen atoms in total. The van der Waals surface area contributed by atoms with Gasteiger partial charge in [0, 0.05) is 25.0 Å². The Hall–Kier alpha value is -2.50. The molecule has 0 atom stereocenters. The van der Waals surface area contributed by atoms with E-state index in [-0.39, 0.29) is 6.03 Å². The minimum atomic E-state index is -0.153. The number of hydrogen-bond acceptors (Lipinski definition) is 3. The Balaban J connectivity index is 1.91. The zero-order valence-corrected chi connectivity index (χ0v) is 13.9. The normalized spacial score (nSPS) is 10.6. The van der Waals surface area contributed by atoms with E-state index in [4.69, 9.17) is 4.74 Å². The third-order valence-electron chi connectivity index (χ3n) is 3.26. The Bertz CT molecular complexity index is 611. The molecule has 1 aromatic carbocycles. The molecule has 2 aromatic rings. The number of hydrogen-bond donors (Lipinski definition) is 2. The minimum absolute atomic E-state index is 0.153. The highest BCUT2D eigenvalue weighted by Crippen LogP contribution is 2.20. The van der Waals surface area contributed by atoms with E-state index in [1.54, 1.807) is 24.3 Å².